The zero-order chi connectivity index (χ0) is 10.1. The summed E-state index contributed by atoms with van der Waals surface area (Å²) in [6, 6.07) is 5.79. The van der Waals surface area contributed by atoms with Gasteiger partial charge in [0.15, 0.2) is 5.82 Å². The lowest BCUT2D eigenvalue weighted by atomic mass is 10.2. The van der Waals surface area contributed by atoms with Gasteiger partial charge in [0.2, 0.25) is 0 Å². The molecular formula is C9H9BrN4. The van der Waals surface area contributed by atoms with Crippen molar-refractivity contribution in [2.45, 2.75) is 6.92 Å². The number of fused-ring (bicyclic) bond motifs is 1. The maximum absolute atomic E-state index is 5.38. The zero-order valence-electron chi connectivity index (χ0n) is 7.58. The molecule has 0 aliphatic rings. The average molecular weight is 253 g/mol. The molecule has 0 saturated heterocycles. The molecule has 0 atom stereocenters. The minimum Gasteiger partial charge on any atom is -0.308 e. The van der Waals surface area contributed by atoms with E-state index in [9.17, 15) is 0 Å². The van der Waals surface area contributed by atoms with Gasteiger partial charge in [0.05, 0.1) is 5.52 Å². The number of para-hydroxylation sites is 1. The van der Waals surface area contributed by atoms with Crippen molar-refractivity contribution in [3.8, 4) is 0 Å². The molecule has 72 valence electrons. The Kier molecular flexibility index (Phi) is 2.35. The summed E-state index contributed by atoms with van der Waals surface area (Å²) in [4.78, 5) is 8.52. The number of nitrogens with zero attached hydrogens (tertiary/aromatic N) is 2. The summed E-state index contributed by atoms with van der Waals surface area (Å²) in [5, 5.41) is 0.910. The van der Waals surface area contributed by atoms with Gasteiger partial charge in [-0.2, -0.15) is 0 Å². The lowest BCUT2D eigenvalue weighted by molar-refractivity contribution is 1.08. The first-order valence-corrected chi connectivity index (χ1v) is 4.91. The molecule has 1 aromatic heterocycles. The first kappa shape index (κ1) is 9.36. The summed E-state index contributed by atoms with van der Waals surface area (Å²) in [5.74, 6) is 6.72. The second-order valence-electron chi connectivity index (χ2n) is 2.90. The molecule has 1 heterocycles. The summed E-state index contributed by atoms with van der Waals surface area (Å²) in [6.07, 6.45) is 0. The molecule has 2 rings (SSSR count). The number of hydrogen-bond acceptors (Lipinski definition) is 4. The van der Waals surface area contributed by atoms with Crippen LogP contribution in [-0.2, 0) is 0 Å². The lowest BCUT2D eigenvalue weighted by Gasteiger charge is -2.06. The van der Waals surface area contributed by atoms with Crippen molar-refractivity contribution in [3.63, 3.8) is 0 Å². The number of benzene rings is 1. The van der Waals surface area contributed by atoms with Crippen LogP contribution in [0.4, 0.5) is 5.82 Å². The molecule has 0 amide bonds. The summed E-state index contributed by atoms with van der Waals surface area (Å²) in [6.45, 7) is 1.83. The molecule has 0 radical (unpaired) electrons. The summed E-state index contributed by atoms with van der Waals surface area (Å²) >= 11 is 3.44. The molecule has 0 spiro atoms. The fourth-order valence-corrected chi connectivity index (χ4v) is 1.79. The smallest absolute Gasteiger partial charge is 0.151 e. The van der Waals surface area contributed by atoms with Gasteiger partial charge >= 0.3 is 0 Å². The molecule has 2 aromatic rings. The number of rotatable bonds is 1. The minimum absolute atomic E-state index is 0.647. The van der Waals surface area contributed by atoms with Crippen molar-refractivity contribution < 1.29 is 0 Å². The Balaban J connectivity index is 2.87. The van der Waals surface area contributed by atoms with Crippen LogP contribution >= 0.6 is 15.9 Å². The van der Waals surface area contributed by atoms with E-state index in [-0.39, 0.29) is 0 Å². The highest BCUT2D eigenvalue weighted by Crippen LogP contribution is 2.25. The summed E-state index contributed by atoms with van der Waals surface area (Å²) < 4.78 is 0.942. The first-order valence-electron chi connectivity index (χ1n) is 4.12. The number of aromatic nitrogens is 2. The number of hydrogen-bond donors (Lipinski definition) is 2. The van der Waals surface area contributed by atoms with Gasteiger partial charge in [-0.3, -0.25) is 0 Å². The Morgan fingerprint density at radius 2 is 2.14 bits per heavy atom. The Labute approximate surface area is 89.6 Å². The SMILES string of the molecule is Cc1nc(NN)c2cccc(Br)c2n1. The van der Waals surface area contributed by atoms with Crippen LogP contribution in [0.15, 0.2) is 22.7 Å². The van der Waals surface area contributed by atoms with Crippen molar-refractivity contribution in [3.05, 3.63) is 28.5 Å². The van der Waals surface area contributed by atoms with Crippen LogP contribution in [0.25, 0.3) is 10.9 Å². The highest BCUT2D eigenvalue weighted by molar-refractivity contribution is 9.10. The number of hydrazine groups is 1. The molecule has 4 nitrogen and oxygen atoms in total. The van der Waals surface area contributed by atoms with E-state index in [2.05, 4.69) is 31.3 Å². The van der Waals surface area contributed by atoms with E-state index < -0.39 is 0 Å². The third-order valence-corrected chi connectivity index (χ3v) is 2.57. The number of nitrogens with one attached hydrogen (secondary N) is 1. The molecular weight excluding hydrogens is 244 g/mol. The molecule has 0 saturated carbocycles. The van der Waals surface area contributed by atoms with Gasteiger partial charge in [0, 0.05) is 9.86 Å². The zero-order valence-corrected chi connectivity index (χ0v) is 9.17. The van der Waals surface area contributed by atoms with E-state index in [0.717, 1.165) is 15.4 Å². The van der Waals surface area contributed by atoms with Crippen LogP contribution in [0.3, 0.4) is 0 Å². The van der Waals surface area contributed by atoms with Gasteiger partial charge in [-0.1, -0.05) is 6.07 Å². The standard InChI is InChI=1S/C9H9BrN4/c1-5-12-8-6(9(13-5)14-11)3-2-4-7(8)10/h2-4H,11H2,1H3,(H,12,13,14). The number of halogens is 1. The predicted octanol–water partition coefficient (Wildman–Crippen LogP) is 1.99. The normalized spacial score (nSPS) is 10.5. The van der Waals surface area contributed by atoms with E-state index in [1.807, 2.05) is 25.1 Å². The largest absolute Gasteiger partial charge is 0.308 e. The number of anilines is 1. The van der Waals surface area contributed by atoms with E-state index in [1.165, 1.54) is 0 Å². The second kappa shape index (κ2) is 3.51. The van der Waals surface area contributed by atoms with Crippen LogP contribution in [0.2, 0.25) is 0 Å². The number of aryl methyl sites for hydroxylation is 1. The Morgan fingerprint density at radius 1 is 1.36 bits per heavy atom. The van der Waals surface area contributed by atoms with E-state index in [0.29, 0.717) is 11.6 Å². The van der Waals surface area contributed by atoms with Gasteiger partial charge in [-0.05, 0) is 35.0 Å². The molecule has 0 aliphatic heterocycles. The molecule has 0 bridgehead atoms. The number of nitrogen functional groups attached to an aromatic ring is 1. The maximum Gasteiger partial charge on any atom is 0.151 e. The number of nitrogens with two attached hydrogens (primary N) is 1. The average Bonchev–Trinajstić information content (AvgIpc) is 2.18. The fraction of sp³-hybridized carbons (Fsp3) is 0.111. The highest BCUT2D eigenvalue weighted by Gasteiger charge is 2.06. The molecule has 14 heavy (non-hydrogen) atoms. The van der Waals surface area contributed by atoms with Crippen molar-refractivity contribution in [1.82, 2.24) is 9.97 Å². The van der Waals surface area contributed by atoms with Crippen LogP contribution in [-0.4, -0.2) is 9.97 Å². The van der Waals surface area contributed by atoms with Crippen molar-refractivity contribution >= 4 is 32.7 Å². The quantitative estimate of drug-likeness (QED) is 0.602. The van der Waals surface area contributed by atoms with Crippen molar-refractivity contribution in [2.24, 2.45) is 5.84 Å². The summed E-state index contributed by atoms with van der Waals surface area (Å²) in [5.41, 5.74) is 3.43. The van der Waals surface area contributed by atoms with Gasteiger partial charge < -0.3 is 5.43 Å². The van der Waals surface area contributed by atoms with Gasteiger partial charge in [-0.25, -0.2) is 15.8 Å². The lowest BCUT2D eigenvalue weighted by Crippen LogP contribution is -2.10. The van der Waals surface area contributed by atoms with Crippen LogP contribution < -0.4 is 11.3 Å². The Hall–Kier alpha value is -1.20. The van der Waals surface area contributed by atoms with Crippen LogP contribution in [0, 0.1) is 6.92 Å². The van der Waals surface area contributed by atoms with Crippen molar-refractivity contribution in [1.29, 1.82) is 0 Å². The third-order valence-electron chi connectivity index (χ3n) is 1.93. The fourth-order valence-electron chi connectivity index (χ4n) is 1.34. The Morgan fingerprint density at radius 3 is 2.86 bits per heavy atom. The predicted molar refractivity (Wildman–Crippen MR) is 59.8 cm³/mol. The summed E-state index contributed by atoms with van der Waals surface area (Å²) in [7, 11) is 0. The second-order valence-corrected chi connectivity index (χ2v) is 3.75. The highest BCUT2D eigenvalue weighted by atomic mass is 79.9. The minimum atomic E-state index is 0.647. The van der Waals surface area contributed by atoms with Gasteiger partial charge in [0.25, 0.3) is 0 Å². The third kappa shape index (κ3) is 1.44. The molecule has 0 fully saturated rings. The Bertz CT molecular complexity index is 483. The van der Waals surface area contributed by atoms with E-state index >= 15 is 0 Å². The molecule has 5 heteroatoms. The van der Waals surface area contributed by atoms with E-state index in [1.54, 1.807) is 0 Å². The van der Waals surface area contributed by atoms with Crippen LogP contribution in [0.1, 0.15) is 5.82 Å². The first-order chi connectivity index (χ1) is 6.72. The van der Waals surface area contributed by atoms with E-state index in [4.69, 9.17) is 5.84 Å². The molecule has 0 aliphatic carbocycles. The van der Waals surface area contributed by atoms with Crippen LogP contribution in [0.5, 0.6) is 0 Å². The topological polar surface area (TPSA) is 63.8 Å². The molecule has 1 aromatic carbocycles. The molecule has 0 unspecified atom stereocenters. The van der Waals surface area contributed by atoms with Gasteiger partial charge in [0.1, 0.15) is 5.82 Å². The maximum atomic E-state index is 5.38. The molecule has 3 N–H and O–H groups in total. The monoisotopic (exact) mass is 252 g/mol. The van der Waals surface area contributed by atoms with Gasteiger partial charge in [-0.15, -0.1) is 0 Å². The van der Waals surface area contributed by atoms with Crippen molar-refractivity contribution in [2.75, 3.05) is 5.43 Å².